The Kier molecular flexibility index (Phi) is 4.57. The SMILES string of the molecule is Cc1noc(C)c1S(=O)(=O)Nc1ccc(OC(F)F)c(Cl)c1. The van der Waals surface area contributed by atoms with Gasteiger partial charge in [0.15, 0.2) is 10.7 Å². The number of benzene rings is 1. The number of hydrogen-bond acceptors (Lipinski definition) is 5. The van der Waals surface area contributed by atoms with Crippen molar-refractivity contribution in [2.75, 3.05) is 4.72 Å². The lowest BCUT2D eigenvalue weighted by Gasteiger charge is -2.10. The summed E-state index contributed by atoms with van der Waals surface area (Å²) in [5.74, 6) is -0.120. The molecule has 0 aliphatic rings. The predicted molar refractivity (Wildman–Crippen MR) is 74.9 cm³/mol. The minimum absolute atomic E-state index is 0.0865. The number of alkyl halides is 2. The maximum atomic E-state index is 12.3. The third kappa shape index (κ3) is 3.47. The minimum atomic E-state index is -3.94. The average molecular weight is 353 g/mol. The van der Waals surface area contributed by atoms with Crippen LogP contribution in [-0.2, 0) is 10.0 Å². The first-order chi connectivity index (χ1) is 10.2. The number of anilines is 1. The predicted octanol–water partition coefficient (Wildman–Crippen LogP) is 3.35. The fraction of sp³-hybridized carbons (Fsp3) is 0.250. The van der Waals surface area contributed by atoms with Crippen LogP contribution in [0.5, 0.6) is 5.75 Å². The normalized spacial score (nSPS) is 11.7. The molecule has 1 aromatic carbocycles. The van der Waals surface area contributed by atoms with Crippen molar-refractivity contribution in [2.45, 2.75) is 25.4 Å². The molecule has 1 N–H and O–H groups in total. The van der Waals surface area contributed by atoms with Gasteiger partial charge in [0, 0.05) is 0 Å². The van der Waals surface area contributed by atoms with Gasteiger partial charge < -0.3 is 9.26 Å². The standard InChI is InChI=1S/C12H11ClF2N2O4S/c1-6-11(7(2)21-16-6)22(18,19)17-8-3-4-10(9(13)5-8)20-12(14)15/h3-5,12,17H,1-2H3. The van der Waals surface area contributed by atoms with Crippen molar-refractivity contribution >= 4 is 27.3 Å². The average Bonchev–Trinajstić information content (AvgIpc) is 2.72. The van der Waals surface area contributed by atoms with E-state index in [-0.39, 0.29) is 32.8 Å². The summed E-state index contributed by atoms with van der Waals surface area (Å²) in [5.41, 5.74) is 0.292. The number of hydrogen-bond donors (Lipinski definition) is 1. The first kappa shape index (κ1) is 16.5. The maximum Gasteiger partial charge on any atom is 0.387 e. The van der Waals surface area contributed by atoms with Gasteiger partial charge in [-0.1, -0.05) is 16.8 Å². The Labute approximate surface area is 130 Å². The number of ether oxygens (including phenoxy) is 1. The van der Waals surface area contributed by atoms with Crippen LogP contribution in [0.3, 0.4) is 0 Å². The Bertz CT molecular complexity index is 773. The number of sulfonamides is 1. The van der Waals surface area contributed by atoms with Crippen LogP contribution in [-0.4, -0.2) is 20.2 Å². The molecule has 0 fully saturated rings. The number of aryl methyl sites for hydroxylation is 2. The Balaban J connectivity index is 2.29. The van der Waals surface area contributed by atoms with Crippen LogP contribution in [0.2, 0.25) is 5.02 Å². The second kappa shape index (κ2) is 6.09. The van der Waals surface area contributed by atoms with E-state index in [0.29, 0.717) is 0 Å². The summed E-state index contributed by atoms with van der Waals surface area (Å²) < 4.78 is 60.1. The van der Waals surface area contributed by atoms with Gasteiger partial charge in [-0.3, -0.25) is 4.72 Å². The molecule has 1 heterocycles. The Morgan fingerprint density at radius 2 is 2.05 bits per heavy atom. The van der Waals surface area contributed by atoms with Crippen LogP contribution in [0, 0.1) is 13.8 Å². The van der Waals surface area contributed by atoms with Crippen molar-refractivity contribution in [1.82, 2.24) is 5.16 Å². The Morgan fingerprint density at radius 3 is 2.55 bits per heavy atom. The van der Waals surface area contributed by atoms with Crippen LogP contribution >= 0.6 is 11.6 Å². The highest BCUT2D eigenvalue weighted by molar-refractivity contribution is 7.92. The van der Waals surface area contributed by atoms with Gasteiger partial charge in [0.1, 0.15) is 11.4 Å². The molecule has 1 aromatic heterocycles. The fourth-order valence-electron chi connectivity index (χ4n) is 1.82. The molecule has 22 heavy (non-hydrogen) atoms. The third-order valence-corrected chi connectivity index (χ3v) is 4.56. The number of aromatic nitrogens is 1. The van der Waals surface area contributed by atoms with E-state index in [1.54, 1.807) is 0 Å². The minimum Gasteiger partial charge on any atom is -0.433 e. The van der Waals surface area contributed by atoms with E-state index in [0.717, 1.165) is 12.1 Å². The molecule has 0 aliphatic carbocycles. The van der Waals surface area contributed by atoms with Crippen LogP contribution in [0.25, 0.3) is 0 Å². The number of rotatable bonds is 5. The van der Waals surface area contributed by atoms with Crippen molar-refractivity contribution in [2.24, 2.45) is 0 Å². The van der Waals surface area contributed by atoms with Crippen molar-refractivity contribution in [3.63, 3.8) is 0 Å². The molecular formula is C12H11ClF2N2O4S. The van der Waals surface area contributed by atoms with Gasteiger partial charge in [0.05, 0.1) is 10.7 Å². The summed E-state index contributed by atoms with van der Waals surface area (Å²) in [5, 5.41) is 3.41. The highest BCUT2D eigenvalue weighted by atomic mass is 35.5. The van der Waals surface area contributed by atoms with E-state index in [1.807, 2.05) is 0 Å². The lowest BCUT2D eigenvalue weighted by atomic mass is 10.3. The lowest BCUT2D eigenvalue weighted by molar-refractivity contribution is -0.0497. The first-order valence-electron chi connectivity index (χ1n) is 5.91. The molecule has 0 bridgehead atoms. The molecule has 6 nitrogen and oxygen atoms in total. The third-order valence-electron chi connectivity index (χ3n) is 2.64. The van der Waals surface area contributed by atoms with Crippen LogP contribution < -0.4 is 9.46 Å². The number of nitrogens with one attached hydrogen (secondary N) is 1. The molecule has 0 unspecified atom stereocenters. The molecule has 0 aliphatic heterocycles. The summed E-state index contributed by atoms with van der Waals surface area (Å²) >= 11 is 5.77. The summed E-state index contributed by atoms with van der Waals surface area (Å²) in [7, 11) is -3.94. The van der Waals surface area contributed by atoms with Gasteiger partial charge in [0.25, 0.3) is 10.0 Å². The van der Waals surface area contributed by atoms with Crippen molar-refractivity contribution in [3.8, 4) is 5.75 Å². The smallest absolute Gasteiger partial charge is 0.387 e. The van der Waals surface area contributed by atoms with Crippen molar-refractivity contribution in [3.05, 3.63) is 34.7 Å². The number of nitrogens with zero attached hydrogens (tertiary/aromatic N) is 1. The molecule has 0 radical (unpaired) electrons. The second-order valence-electron chi connectivity index (χ2n) is 4.28. The summed E-state index contributed by atoms with van der Waals surface area (Å²) in [6.45, 7) is -0.0824. The van der Waals surface area contributed by atoms with Crippen LogP contribution in [0.15, 0.2) is 27.6 Å². The van der Waals surface area contributed by atoms with Crippen LogP contribution in [0.1, 0.15) is 11.5 Å². The van der Waals surface area contributed by atoms with E-state index < -0.39 is 16.6 Å². The van der Waals surface area contributed by atoms with E-state index >= 15 is 0 Å². The second-order valence-corrected chi connectivity index (χ2v) is 6.31. The molecule has 2 rings (SSSR count). The van der Waals surface area contributed by atoms with Gasteiger partial charge in [-0.05, 0) is 32.0 Å². The van der Waals surface area contributed by atoms with Crippen LogP contribution in [0.4, 0.5) is 14.5 Å². The van der Waals surface area contributed by atoms with Gasteiger partial charge in [-0.25, -0.2) is 8.42 Å². The zero-order valence-corrected chi connectivity index (χ0v) is 13.0. The zero-order chi connectivity index (χ0) is 16.5. The van der Waals surface area contributed by atoms with Crippen molar-refractivity contribution in [1.29, 1.82) is 0 Å². The first-order valence-corrected chi connectivity index (χ1v) is 7.77. The topological polar surface area (TPSA) is 81.4 Å². The summed E-state index contributed by atoms with van der Waals surface area (Å²) in [6.07, 6.45) is 0. The fourth-order valence-corrected chi connectivity index (χ4v) is 3.43. The van der Waals surface area contributed by atoms with Crippen molar-refractivity contribution < 1.29 is 26.5 Å². The van der Waals surface area contributed by atoms with E-state index in [9.17, 15) is 17.2 Å². The number of halogens is 3. The molecular weight excluding hydrogens is 342 g/mol. The molecule has 0 spiro atoms. The molecule has 10 heteroatoms. The van der Waals surface area contributed by atoms with Gasteiger partial charge in [-0.2, -0.15) is 8.78 Å². The van der Waals surface area contributed by atoms with Gasteiger partial charge >= 0.3 is 6.61 Å². The van der Waals surface area contributed by atoms with Gasteiger partial charge in [0.2, 0.25) is 0 Å². The highest BCUT2D eigenvalue weighted by Crippen LogP contribution is 2.30. The quantitative estimate of drug-likeness (QED) is 0.892. The largest absolute Gasteiger partial charge is 0.433 e. The molecule has 0 saturated carbocycles. The van der Waals surface area contributed by atoms with E-state index in [1.165, 1.54) is 19.9 Å². The monoisotopic (exact) mass is 352 g/mol. The van der Waals surface area contributed by atoms with E-state index in [4.69, 9.17) is 16.1 Å². The molecule has 0 atom stereocenters. The summed E-state index contributed by atoms with van der Waals surface area (Å²) in [4.78, 5) is -0.0865. The van der Waals surface area contributed by atoms with Gasteiger partial charge in [-0.15, -0.1) is 0 Å². The molecule has 0 amide bonds. The Hall–Kier alpha value is -1.87. The van der Waals surface area contributed by atoms with E-state index in [2.05, 4.69) is 14.6 Å². The lowest BCUT2D eigenvalue weighted by Crippen LogP contribution is -2.14. The maximum absolute atomic E-state index is 12.3. The summed E-state index contributed by atoms with van der Waals surface area (Å²) in [6, 6.07) is 3.55. The Morgan fingerprint density at radius 1 is 1.36 bits per heavy atom. The molecule has 120 valence electrons. The highest BCUT2D eigenvalue weighted by Gasteiger charge is 2.24. The molecule has 2 aromatic rings. The zero-order valence-electron chi connectivity index (χ0n) is 11.4. The molecule has 0 saturated heterocycles.